The van der Waals surface area contributed by atoms with Crippen LogP contribution in [-0.2, 0) is 17.1 Å². The number of hydrogen-bond acceptors (Lipinski definition) is 1. The lowest BCUT2D eigenvalue weighted by Crippen LogP contribution is -2.17. The number of halogens is 6. The maximum atomic E-state index is 12.7. The van der Waals surface area contributed by atoms with E-state index in [1.165, 1.54) is 0 Å². The molecule has 1 aromatic rings. The Kier molecular flexibility index (Phi) is 4.67. The van der Waals surface area contributed by atoms with Crippen LogP contribution in [0.2, 0.25) is 0 Å². The van der Waals surface area contributed by atoms with Crippen molar-refractivity contribution in [3.63, 3.8) is 0 Å². The molecule has 0 saturated carbocycles. The molecule has 111 valence electrons. The highest BCUT2D eigenvalue weighted by Gasteiger charge is 2.38. The molecule has 0 fully saturated rings. The SMILES string of the molecule is [CH2]CCC(=O)Nc1ccc(C(F)(F)F)cc1C(F)(F)F. The molecule has 2 nitrogen and oxygen atoms in total. The number of amides is 1. The molecule has 0 atom stereocenters. The van der Waals surface area contributed by atoms with Crippen LogP contribution in [0.1, 0.15) is 24.0 Å². The lowest BCUT2D eigenvalue weighted by molar-refractivity contribution is -0.142. The van der Waals surface area contributed by atoms with E-state index in [1.807, 2.05) is 5.32 Å². The molecule has 0 bridgehead atoms. The Bertz CT molecular complexity index is 492. The molecule has 1 radical (unpaired) electrons. The van der Waals surface area contributed by atoms with Crippen LogP contribution in [0.4, 0.5) is 32.0 Å². The third-order valence-electron chi connectivity index (χ3n) is 2.33. The van der Waals surface area contributed by atoms with Gasteiger partial charge in [-0.1, -0.05) is 6.92 Å². The first-order valence-corrected chi connectivity index (χ1v) is 5.43. The number of benzene rings is 1. The molecule has 0 aliphatic carbocycles. The highest BCUT2D eigenvalue weighted by atomic mass is 19.4. The Balaban J connectivity index is 3.21. The molecule has 0 spiro atoms. The van der Waals surface area contributed by atoms with Gasteiger partial charge in [-0.05, 0) is 24.6 Å². The normalized spacial score (nSPS) is 12.3. The van der Waals surface area contributed by atoms with Crippen molar-refractivity contribution >= 4 is 11.6 Å². The molecular formula is C12H10F6NO. The summed E-state index contributed by atoms with van der Waals surface area (Å²) in [6, 6.07) is 1.04. The summed E-state index contributed by atoms with van der Waals surface area (Å²) < 4.78 is 75.4. The summed E-state index contributed by atoms with van der Waals surface area (Å²) >= 11 is 0. The molecule has 0 saturated heterocycles. The van der Waals surface area contributed by atoms with Crippen molar-refractivity contribution in [3.05, 3.63) is 36.2 Å². The fraction of sp³-hybridized carbons (Fsp3) is 0.333. The average Bonchev–Trinajstić information content (AvgIpc) is 2.26. The van der Waals surface area contributed by atoms with Crippen LogP contribution in [0.5, 0.6) is 0 Å². The van der Waals surface area contributed by atoms with Crippen LogP contribution in [0, 0.1) is 6.92 Å². The summed E-state index contributed by atoms with van der Waals surface area (Å²) in [7, 11) is 0. The fourth-order valence-corrected chi connectivity index (χ4v) is 1.44. The number of hydrogen-bond donors (Lipinski definition) is 1. The van der Waals surface area contributed by atoms with Gasteiger partial charge in [-0.3, -0.25) is 4.79 Å². The second-order valence-corrected chi connectivity index (χ2v) is 3.91. The van der Waals surface area contributed by atoms with Crippen LogP contribution in [0.15, 0.2) is 18.2 Å². The van der Waals surface area contributed by atoms with E-state index in [1.54, 1.807) is 0 Å². The van der Waals surface area contributed by atoms with Gasteiger partial charge >= 0.3 is 12.4 Å². The summed E-state index contributed by atoms with van der Waals surface area (Å²) in [4.78, 5) is 11.2. The minimum absolute atomic E-state index is 0.0280. The van der Waals surface area contributed by atoms with E-state index in [9.17, 15) is 31.1 Å². The summed E-state index contributed by atoms with van der Waals surface area (Å²) in [5.74, 6) is -0.745. The molecule has 1 aromatic carbocycles. The first-order valence-electron chi connectivity index (χ1n) is 5.43. The van der Waals surface area contributed by atoms with Gasteiger partial charge in [0.1, 0.15) is 0 Å². The van der Waals surface area contributed by atoms with E-state index in [-0.39, 0.29) is 18.9 Å². The van der Waals surface area contributed by atoms with Gasteiger partial charge in [-0.2, -0.15) is 26.3 Å². The van der Waals surface area contributed by atoms with E-state index in [2.05, 4.69) is 6.92 Å². The Morgan fingerprint density at radius 1 is 1.10 bits per heavy atom. The van der Waals surface area contributed by atoms with E-state index in [4.69, 9.17) is 0 Å². The molecule has 20 heavy (non-hydrogen) atoms. The number of carbonyl (C=O) groups is 1. The summed E-state index contributed by atoms with van der Waals surface area (Å²) in [5, 5.41) is 1.93. The van der Waals surface area contributed by atoms with Crippen molar-refractivity contribution in [1.29, 1.82) is 0 Å². The van der Waals surface area contributed by atoms with Crippen molar-refractivity contribution in [2.75, 3.05) is 5.32 Å². The molecule has 8 heteroatoms. The lowest BCUT2D eigenvalue weighted by atomic mass is 10.1. The number of carbonyl (C=O) groups excluding carboxylic acids is 1. The molecule has 1 amide bonds. The Morgan fingerprint density at radius 3 is 2.15 bits per heavy atom. The topological polar surface area (TPSA) is 29.1 Å². The highest BCUT2D eigenvalue weighted by Crippen LogP contribution is 2.39. The van der Waals surface area contributed by atoms with Crippen molar-refractivity contribution < 1.29 is 31.1 Å². The molecule has 0 unspecified atom stereocenters. The lowest BCUT2D eigenvalue weighted by Gasteiger charge is -2.16. The van der Waals surface area contributed by atoms with Crippen LogP contribution < -0.4 is 5.32 Å². The maximum absolute atomic E-state index is 12.7. The van der Waals surface area contributed by atoms with Gasteiger partial charge in [0.05, 0.1) is 16.8 Å². The standard InChI is InChI=1S/C12H10F6NO/c1-2-3-10(20)19-9-5-4-7(11(13,14)15)6-8(9)12(16,17)18/h4-6H,1-3H2,(H,19,20). The van der Waals surface area contributed by atoms with Crippen molar-refractivity contribution in [2.45, 2.75) is 25.2 Å². The minimum atomic E-state index is -5.01. The van der Waals surface area contributed by atoms with Gasteiger partial charge in [-0.25, -0.2) is 0 Å². The zero-order chi connectivity index (χ0) is 15.6. The van der Waals surface area contributed by atoms with Crippen LogP contribution in [0.3, 0.4) is 0 Å². The average molecular weight is 298 g/mol. The number of nitrogens with one attached hydrogen (secondary N) is 1. The van der Waals surface area contributed by atoms with E-state index in [0.29, 0.717) is 12.1 Å². The van der Waals surface area contributed by atoms with Gasteiger partial charge in [0.2, 0.25) is 5.91 Å². The van der Waals surface area contributed by atoms with Gasteiger partial charge in [0, 0.05) is 6.42 Å². The van der Waals surface area contributed by atoms with Gasteiger partial charge in [0.15, 0.2) is 0 Å². The molecular weight excluding hydrogens is 288 g/mol. The fourth-order valence-electron chi connectivity index (χ4n) is 1.44. The van der Waals surface area contributed by atoms with Crippen molar-refractivity contribution in [1.82, 2.24) is 0 Å². The third-order valence-corrected chi connectivity index (χ3v) is 2.33. The van der Waals surface area contributed by atoms with Gasteiger partial charge in [0.25, 0.3) is 0 Å². The molecule has 0 aliphatic heterocycles. The first kappa shape index (κ1) is 16.3. The minimum Gasteiger partial charge on any atom is -0.326 e. The Labute approximate surface area is 110 Å². The quantitative estimate of drug-likeness (QED) is 0.829. The van der Waals surface area contributed by atoms with E-state index in [0.717, 1.165) is 0 Å². The molecule has 1 N–H and O–H groups in total. The molecule has 0 aliphatic rings. The number of rotatable bonds is 3. The second kappa shape index (κ2) is 5.72. The van der Waals surface area contributed by atoms with Crippen molar-refractivity contribution in [2.24, 2.45) is 0 Å². The Hall–Kier alpha value is -1.73. The summed E-state index contributed by atoms with van der Waals surface area (Å²) in [5.41, 5.74) is -3.67. The largest absolute Gasteiger partial charge is 0.418 e. The summed E-state index contributed by atoms with van der Waals surface area (Å²) in [6.45, 7) is 3.35. The van der Waals surface area contributed by atoms with Gasteiger partial charge in [-0.15, -0.1) is 0 Å². The predicted molar refractivity (Wildman–Crippen MR) is 59.7 cm³/mol. The summed E-state index contributed by atoms with van der Waals surface area (Å²) in [6.07, 6.45) is -9.86. The Morgan fingerprint density at radius 2 is 1.70 bits per heavy atom. The monoisotopic (exact) mass is 298 g/mol. The molecule has 1 rings (SSSR count). The van der Waals surface area contributed by atoms with Crippen LogP contribution >= 0.6 is 0 Å². The van der Waals surface area contributed by atoms with E-state index < -0.39 is 35.1 Å². The van der Waals surface area contributed by atoms with Crippen LogP contribution in [0.25, 0.3) is 0 Å². The van der Waals surface area contributed by atoms with Gasteiger partial charge < -0.3 is 5.32 Å². The van der Waals surface area contributed by atoms with E-state index >= 15 is 0 Å². The number of anilines is 1. The zero-order valence-corrected chi connectivity index (χ0v) is 10.0. The smallest absolute Gasteiger partial charge is 0.326 e. The zero-order valence-electron chi connectivity index (χ0n) is 10.0. The third kappa shape index (κ3) is 4.14. The second-order valence-electron chi connectivity index (χ2n) is 3.91. The maximum Gasteiger partial charge on any atom is 0.418 e. The number of alkyl halides is 6. The molecule has 0 aromatic heterocycles. The van der Waals surface area contributed by atoms with Crippen molar-refractivity contribution in [3.8, 4) is 0 Å². The highest BCUT2D eigenvalue weighted by molar-refractivity contribution is 5.91. The molecule has 0 heterocycles. The predicted octanol–water partition coefficient (Wildman–Crippen LogP) is 4.28. The first-order chi connectivity index (χ1) is 9.05. The van der Waals surface area contributed by atoms with Crippen LogP contribution in [-0.4, -0.2) is 5.91 Å².